The summed E-state index contributed by atoms with van der Waals surface area (Å²) < 4.78 is 38.5. The molecule has 1 aromatic heterocycles. The number of aromatic nitrogens is 1. The number of hydrogen-bond acceptors (Lipinski definition) is 2. The van der Waals surface area contributed by atoms with Gasteiger partial charge in [0.05, 0.1) is 0 Å². The topological polar surface area (TPSA) is 50.2 Å². The van der Waals surface area contributed by atoms with Crippen molar-refractivity contribution in [3.05, 3.63) is 29.8 Å². The van der Waals surface area contributed by atoms with Crippen molar-refractivity contribution in [1.82, 2.24) is 4.98 Å². The third-order valence-electron chi connectivity index (χ3n) is 1.47. The molecule has 0 aliphatic carbocycles. The van der Waals surface area contributed by atoms with E-state index in [1.165, 1.54) is 0 Å². The molecule has 0 spiro atoms. The Kier molecular flexibility index (Phi) is 2.73. The van der Waals surface area contributed by atoms with E-state index in [0.717, 1.165) is 12.3 Å². The van der Waals surface area contributed by atoms with Crippen LogP contribution in [0.25, 0.3) is 0 Å². The molecule has 0 bridgehead atoms. The Hall–Kier alpha value is -1.59. The van der Waals surface area contributed by atoms with E-state index in [-0.39, 0.29) is 0 Å². The second-order valence-electron chi connectivity index (χ2n) is 2.63. The standard InChI is InChI=1S/C8H6F3NO2/c9-5-1-2-12-6(3-5)8(10,11)4-7(13)14/h1-3H,4H2,(H,13,14). The number of carboxylic acids is 1. The van der Waals surface area contributed by atoms with Gasteiger partial charge in [-0.25, -0.2) is 4.39 Å². The summed E-state index contributed by atoms with van der Waals surface area (Å²) in [7, 11) is 0. The molecule has 0 aromatic carbocycles. The first-order chi connectivity index (χ1) is 6.42. The zero-order valence-corrected chi connectivity index (χ0v) is 6.88. The highest BCUT2D eigenvalue weighted by Gasteiger charge is 2.36. The van der Waals surface area contributed by atoms with E-state index in [4.69, 9.17) is 5.11 Å². The summed E-state index contributed by atoms with van der Waals surface area (Å²) >= 11 is 0. The van der Waals surface area contributed by atoms with Gasteiger partial charge in [0.2, 0.25) is 0 Å². The van der Waals surface area contributed by atoms with Crippen LogP contribution in [0.1, 0.15) is 12.1 Å². The zero-order valence-electron chi connectivity index (χ0n) is 6.88. The number of carboxylic acid groups (broad SMARTS) is 1. The lowest BCUT2D eigenvalue weighted by molar-refractivity contribution is -0.145. The summed E-state index contributed by atoms with van der Waals surface area (Å²) in [6.45, 7) is 0. The Balaban J connectivity index is 2.97. The fourth-order valence-electron chi connectivity index (χ4n) is 0.885. The first kappa shape index (κ1) is 10.5. The summed E-state index contributed by atoms with van der Waals surface area (Å²) in [4.78, 5) is 13.3. The van der Waals surface area contributed by atoms with Gasteiger partial charge in [-0.15, -0.1) is 0 Å². The van der Waals surface area contributed by atoms with E-state index in [9.17, 15) is 18.0 Å². The molecular formula is C8H6F3NO2. The van der Waals surface area contributed by atoms with E-state index >= 15 is 0 Å². The molecule has 0 saturated heterocycles. The third kappa shape index (κ3) is 2.45. The number of pyridine rings is 1. The lowest BCUT2D eigenvalue weighted by Gasteiger charge is -2.12. The van der Waals surface area contributed by atoms with Gasteiger partial charge in [-0.1, -0.05) is 0 Å². The molecule has 0 amide bonds. The Morgan fingerprint density at radius 3 is 2.71 bits per heavy atom. The summed E-state index contributed by atoms with van der Waals surface area (Å²) in [5, 5.41) is 8.18. The van der Waals surface area contributed by atoms with Crippen LogP contribution >= 0.6 is 0 Å². The number of halogens is 3. The third-order valence-corrected chi connectivity index (χ3v) is 1.47. The van der Waals surface area contributed by atoms with Crippen LogP contribution in [-0.2, 0) is 10.7 Å². The van der Waals surface area contributed by atoms with Crippen molar-refractivity contribution in [2.75, 3.05) is 0 Å². The van der Waals surface area contributed by atoms with Crippen LogP contribution in [0.3, 0.4) is 0 Å². The Labute approximate surface area is 77.2 Å². The average molecular weight is 205 g/mol. The van der Waals surface area contributed by atoms with Crippen LogP contribution in [0.4, 0.5) is 13.2 Å². The van der Waals surface area contributed by atoms with Crippen LogP contribution in [0.2, 0.25) is 0 Å². The lowest BCUT2D eigenvalue weighted by Crippen LogP contribution is -2.20. The minimum absolute atomic E-state index is 0.517. The fraction of sp³-hybridized carbons (Fsp3) is 0.250. The quantitative estimate of drug-likeness (QED) is 0.818. The van der Waals surface area contributed by atoms with Gasteiger partial charge >= 0.3 is 5.97 Å². The molecule has 0 fully saturated rings. The Morgan fingerprint density at radius 1 is 1.57 bits per heavy atom. The van der Waals surface area contributed by atoms with Gasteiger partial charge in [-0.2, -0.15) is 8.78 Å². The number of aliphatic carboxylic acids is 1. The van der Waals surface area contributed by atoms with Crippen LogP contribution in [0.15, 0.2) is 18.3 Å². The maximum Gasteiger partial charge on any atom is 0.309 e. The Bertz CT molecular complexity index is 354. The molecule has 1 rings (SSSR count). The number of nitrogens with zero attached hydrogens (tertiary/aromatic N) is 1. The molecule has 1 heterocycles. The van der Waals surface area contributed by atoms with E-state index in [2.05, 4.69) is 4.98 Å². The van der Waals surface area contributed by atoms with Crippen LogP contribution in [-0.4, -0.2) is 16.1 Å². The molecule has 76 valence electrons. The Morgan fingerprint density at radius 2 is 2.21 bits per heavy atom. The van der Waals surface area contributed by atoms with Crippen molar-refractivity contribution in [1.29, 1.82) is 0 Å². The normalized spacial score (nSPS) is 11.4. The maximum absolute atomic E-state index is 13.0. The molecular weight excluding hydrogens is 199 g/mol. The van der Waals surface area contributed by atoms with Gasteiger partial charge in [-0.3, -0.25) is 9.78 Å². The van der Waals surface area contributed by atoms with E-state index in [1.54, 1.807) is 0 Å². The number of rotatable bonds is 3. The number of carbonyl (C=O) groups is 1. The molecule has 1 N–H and O–H groups in total. The van der Waals surface area contributed by atoms with E-state index in [1.807, 2.05) is 0 Å². The molecule has 14 heavy (non-hydrogen) atoms. The van der Waals surface area contributed by atoms with Gasteiger partial charge in [-0.05, 0) is 6.07 Å². The van der Waals surface area contributed by atoms with Crippen molar-refractivity contribution in [3.63, 3.8) is 0 Å². The molecule has 0 radical (unpaired) electrons. The number of alkyl halides is 2. The summed E-state index contributed by atoms with van der Waals surface area (Å²) in [5.74, 6) is -6.19. The number of hydrogen-bond donors (Lipinski definition) is 1. The molecule has 0 atom stereocenters. The highest BCUT2D eigenvalue weighted by molar-refractivity contribution is 5.68. The van der Waals surface area contributed by atoms with Crippen LogP contribution in [0.5, 0.6) is 0 Å². The fourth-order valence-corrected chi connectivity index (χ4v) is 0.885. The summed E-state index contributed by atoms with van der Waals surface area (Å²) in [6.07, 6.45) is -0.538. The van der Waals surface area contributed by atoms with E-state index in [0.29, 0.717) is 6.07 Å². The van der Waals surface area contributed by atoms with Crippen molar-refractivity contribution < 1.29 is 23.1 Å². The average Bonchev–Trinajstić information content (AvgIpc) is 2.01. The zero-order chi connectivity index (χ0) is 10.8. The second-order valence-corrected chi connectivity index (χ2v) is 2.63. The van der Waals surface area contributed by atoms with Gasteiger partial charge in [0.1, 0.15) is 17.9 Å². The van der Waals surface area contributed by atoms with Gasteiger partial charge in [0, 0.05) is 12.3 Å². The molecule has 0 aliphatic rings. The minimum Gasteiger partial charge on any atom is -0.481 e. The van der Waals surface area contributed by atoms with Gasteiger partial charge in [0.15, 0.2) is 0 Å². The minimum atomic E-state index is -3.64. The SMILES string of the molecule is O=C(O)CC(F)(F)c1cc(F)ccn1. The first-order valence-corrected chi connectivity index (χ1v) is 3.63. The largest absolute Gasteiger partial charge is 0.481 e. The molecule has 0 unspecified atom stereocenters. The molecule has 3 nitrogen and oxygen atoms in total. The highest BCUT2D eigenvalue weighted by Crippen LogP contribution is 2.30. The van der Waals surface area contributed by atoms with Gasteiger partial charge < -0.3 is 5.11 Å². The highest BCUT2D eigenvalue weighted by atomic mass is 19.3. The molecule has 6 heteroatoms. The van der Waals surface area contributed by atoms with Crippen molar-refractivity contribution in [2.45, 2.75) is 12.3 Å². The van der Waals surface area contributed by atoms with Crippen molar-refractivity contribution >= 4 is 5.97 Å². The van der Waals surface area contributed by atoms with Crippen molar-refractivity contribution in [3.8, 4) is 0 Å². The smallest absolute Gasteiger partial charge is 0.309 e. The lowest BCUT2D eigenvalue weighted by atomic mass is 10.1. The predicted molar refractivity (Wildman–Crippen MR) is 40.3 cm³/mol. The second kappa shape index (κ2) is 3.65. The maximum atomic E-state index is 13.0. The van der Waals surface area contributed by atoms with Gasteiger partial charge in [0.25, 0.3) is 5.92 Å². The van der Waals surface area contributed by atoms with Crippen molar-refractivity contribution in [2.24, 2.45) is 0 Å². The predicted octanol–water partition coefficient (Wildman–Crippen LogP) is 1.79. The molecule has 0 aliphatic heterocycles. The molecule has 1 aromatic rings. The first-order valence-electron chi connectivity index (χ1n) is 3.63. The van der Waals surface area contributed by atoms with E-state index < -0.39 is 29.8 Å². The summed E-state index contributed by atoms with van der Waals surface area (Å²) in [6, 6.07) is 1.42. The monoisotopic (exact) mass is 205 g/mol. The van der Waals surface area contributed by atoms with Crippen LogP contribution in [0, 0.1) is 5.82 Å². The summed E-state index contributed by atoms with van der Waals surface area (Å²) in [5.41, 5.74) is -0.875. The van der Waals surface area contributed by atoms with Crippen LogP contribution < -0.4 is 0 Å². The molecule has 0 saturated carbocycles.